The molecule has 0 fully saturated rings. The van der Waals surface area contributed by atoms with E-state index in [4.69, 9.17) is 21.9 Å². The van der Waals surface area contributed by atoms with Gasteiger partial charge in [-0.25, -0.2) is 15.0 Å². The number of hydrogen-bond donors (Lipinski definition) is 3. The Balaban J connectivity index is 0.000000444. The predicted octanol–water partition coefficient (Wildman–Crippen LogP) is 2.27. The van der Waals surface area contributed by atoms with Crippen LogP contribution < -0.4 is 21.9 Å². The van der Waals surface area contributed by atoms with Gasteiger partial charge in [0, 0.05) is 52.1 Å². The van der Waals surface area contributed by atoms with Crippen LogP contribution in [0.15, 0.2) is 61.6 Å². The summed E-state index contributed by atoms with van der Waals surface area (Å²) < 4.78 is 4.96. The number of allylic oxidation sites excluding steroid dienone is 1. The summed E-state index contributed by atoms with van der Waals surface area (Å²) in [6.07, 6.45) is 4.95. The number of ether oxygens (including phenoxy) is 1. The molecule has 1 aromatic carbocycles. The van der Waals surface area contributed by atoms with Crippen LogP contribution in [-0.2, 0) is 4.79 Å². The first kappa shape index (κ1) is 25.3. The number of methoxy groups -OCH3 is 1. The lowest BCUT2D eigenvalue weighted by Crippen LogP contribution is -2.16. The third-order valence-corrected chi connectivity index (χ3v) is 4.86. The van der Waals surface area contributed by atoms with E-state index in [1.165, 1.54) is 7.11 Å². The SMILES string of the molecule is C=C(C#CC(N)=O)c1nc(N)c2ccc(-c3cnc(OC)nc3)cc2c1C(N)=O.Cc1ccccn1. The monoisotopic (exact) mass is 481 g/mol. The average Bonchev–Trinajstić information content (AvgIpc) is 2.87. The van der Waals surface area contributed by atoms with Gasteiger partial charge in [0.2, 0.25) is 0 Å². The number of rotatable bonds is 4. The highest BCUT2D eigenvalue weighted by molar-refractivity contribution is 6.13. The van der Waals surface area contributed by atoms with Crippen molar-refractivity contribution in [1.82, 2.24) is 19.9 Å². The van der Waals surface area contributed by atoms with Crippen LogP contribution in [0.1, 0.15) is 21.7 Å². The topological polar surface area (TPSA) is 173 Å². The van der Waals surface area contributed by atoms with Crippen LogP contribution in [0.25, 0.3) is 27.5 Å². The molecule has 0 bridgehead atoms. The van der Waals surface area contributed by atoms with Crippen molar-refractivity contribution >= 4 is 34.0 Å². The fourth-order valence-corrected chi connectivity index (χ4v) is 3.20. The zero-order valence-electron chi connectivity index (χ0n) is 19.6. The van der Waals surface area contributed by atoms with Gasteiger partial charge in [0.25, 0.3) is 11.8 Å². The fourth-order valence-electron chi connectivity index (χ4n) is 3.20. The molecule has 3 heterocycles. The maximum absolute atomic E-state index is 12.2. The predicted molar refractivity (Wildman–Crippen MR) is 137 cm³/mol. The number of carbonyl (C=O) groups is 2. The number of nitrogens with two attached hydrogens (primary N) is 3. The van der Waals surface area contributed by atoms with Crippen molar-refractivity contribution in [2.24, 2.45) is 11.5 Å². The molecule has 36 heavy (non-hydrogen) atoms. The summed E-state index contributed by atoms with van der Waals surface area (Å²) in [5.41, 5.74) is 19.4. The summed E-state index contributed by atoms with van der Waals surface area (Å²) in [5, 5.41) is 0.978. The number of carbonyl (C=O) groups excluding carboxylic acids is 2. The van der Waals surface area contributed by atoms with Crippen LogP contribution in [-0.4, -0.2) is 38.9 Å². The molecule has 0 radical (unpaired) electrons. The third-order valence-electron chi connectivity index (χ3n) is 4.86. The molecule has 3 aromatic heterocycles. The smallest absolute Gasteiger partial charge is 0.316 e. The number of nitrogen functional groups attached to an aromatic ring is 1. The second kappa shape index (κ2) is 11.2. The molecule has 4 aromatic rings. The van der Waals surface area contributed by atoms with Gasteiger partial charge in [-0.1, -0.05) is 30.7 Å². The highest BCUT2D eigenvalue weighted by Gasteiger charge is 2.19. The molecule has 2 amide bonds. The van der Waals surface area contributed by atoms with E-state index in [0.717, 1.165) is 5.69 Å². The van der Waals surface area contributed by atoms with Crippen LogP contribution in [0.4, 0.5) is 5.82 Å². The third kappa shape index (κ3) is 5.98. The van der Waals surface area contributed by atoms with Gasteiger partial charge in [-0.3, -0.25) is 14.6 Å². The maximum Gasteiger partial charge on any atom is 0.316 e. The van der Waals surface area contributed by atoms with E-state index in [1.807, 2.05) is 25.1 Å². The number of benzene rings is 1. The number of anilines is 1. The quantitative estimate of drug-likeness (QED) is 0.372. The molecule has 0 saturated heterocycles. The van der Waals surface area contributed by atoms with E-state index < -0.39 is 11.8 Å². The molecule has 6 N–H and O–H groups in total. The van der Waals surface area contributed by atoms with Gasteiger partial charge in [-0.05, 0) is 30.7 Å². The number of amides is 2. The Bertz CT molecular complexity index is 1510. The first-order valence-electron chi connectivity index (χ1n) is 10.5. The first-order valence-corrected chi connectivity index (χ1v) is 10.5. The van der Waals surface area contributed by atoms with Crippen molar-refractivity contribution in [3.8, 4) is 29.0 Å². The summed E-state index contributed by atoms with van der Waals surface area (Å²) in [6, 6.07) is 11.3. The summed E-state index contributed by atoms with van der Waals surface area (Å²) in [4.78, 5) is 39.5. The van der Waals surface area contributed by atoms with E-state index in [0.29, 0.717) is 21.9 Å². The maximum atomic E-state index is 12.2. The highest BCUT2D eigenvalue weighted by atomic mass is 16.5. The van der Waals surface area contributed by atoms with Crippen LogP contribution in [0.2, 0.25) is 0 Å². The van der Waals surface area contributed by atoms with Gasteiger partial charge in [-0.15, -0.1) is 0 Å². The van der Waals surface area contributed by atoms with E-state index in [9.17, 15) is 9.59 Å². The molecular formula is C26H23N7O3. The number of primary amides is 2. The zero-order valence-corrected chi connectivity index (χ0v) is 19.6. The van der Waals surface area contributed by atoms with Crippen molar-refractivity contribution in [3.63, 3.8) is 0 Å². The van der Waals surface area contributed by atoms with E-state index >= 15 is 0 Å². The lowest BCUT2D eigenvalue weighted by atomic mass is 9.96. The molecule has 0 aliphatic heterocycles. The number of aryl methyl sites for hydroxylation is 1. The average molecular weight is 482 g/mol. The van der Waals surface area contributed by atoms with Crippen LogP contribution in [0.5, 0.6) is 6.01 Å². The highest BCUT2D eigenvalue weighted by Crippen LogP contribution is 2.32. The Morgan fingerprint density at radius 3 is 2.22 bits per heavy atom. The molecule has 0 atom stereocenters. The second-order valence-corrected chi connectivity index (χ2v) is 7.37. The largest absolute Gasteiger partial charge is 0.467 e. The first-order chi connectivity index (χ1) is 17.2. The van der Waals surface area contributed by atoms with Crippen molar-refractivity contribution in [2.45, 2.75) is 6.92 Å². The van der Waals surface area contributed by atoms with E-state index in [-0.39, 0.29) is 28.7 Å². The summed E-state index contributed by atoms with van der Waals surface area (Å²) >= 11 is 0. The summed E-state index contributed by atoms with van der Waals surface area (Å²) in [7, 11) is 1.47. The normalized spacial score (nSPS) is 9.83. The molecule has 4 rings (SSSR count). The Hall–Kier alpha value is -5.30. The Morgan fingerprint density at radius 2 is 1.69 bits per heavy atom. The van der Waals surface area contributed by atoms with Gasteiger partial charge < -0.3 is 21.9 Å². The van der Waals surface area contributed by atoms with Crippen molar-refractivity contribution in [3.05, 3.63) is 78.5 Å². The van der Waals surface area contributed by atoms with E-state index in [1.54, 1.807) is 36.8 Å². The molecule has 0 aliphatic rings. The Kier molecular flexibility index (Phi) is 7.89. The van der Waals surface area contributed by atoms with E-state index in [2.05, 4.69) is 38.4 Å². The molecule has 10 heteroatoms. The molecule has 0 aliphatic carbocycles. The van der Waals surface area contributed by atoms with Gasteiger partial charge >= 0.3 is 6.01 Å². The van der Waals surface area contributed by atoms with Crippen molar-refractivity contribution in [2.75, 3.05) is 12.8 Å². The van der Waals surface area contributed by atoms with Gasteiger partial charge in [0.1, 0.15) is 5.82 Å². The molecule has 10 nitrogen and oxygen atoms in total. The van der Waals surface area contributed by atoms with Crippen molar-refractivity contribution < 1.29 is 14.3 Å². The molecule has 0 spiro atoms. The van der Waals surface area contributed by atoms with Crippen LogP contribution in [0, 0.1) is 18.8 Å². The Labute approximate surface area is 207 Å². The minimum Gasteiger partial charge on any atom is -0.467 e. The fraction of sp³-hybridized carbons (Fsp3) is 0.0769. The lowest BCUT2D eigenvalue weighted by Gasteiger charge is -2.13. The number of aromatic nitrogens is 4. The minimum atomic E-state index is -0.845. The van der Waals surface area contributed by atoms with Crippen LogP contribution in [0.3, 0.4) is 0 Å². The number of hydrogen-bond acceptors (Lipinski definition) is 8. The van der Waals surface area contributed by atoms with Gasteiger partial charge in [0.15, 0.2) is 0 Å². The summed E-state index contributed by atoms with van der Waals surface area (Å²) in [5.74, 6) is 3.18. The van der Waals surface area contributed by atoms with Crippen LogP contribution >= 0.6 is 0 Å². The standard InChI is InChI=1S/C20H16N6O3.C6H7N/c1-10(3-6-15(21)27)17-16(19(23)28)14-7-11(4-5-13(14)18(22)26-17)12-8-24-20(29-2)25-9-12;1-6-4-2-3-5-7-6/h4-5,7-9H,1H2,2H3,(H2,21,27)(H2,22,26)(H2,23,28);2-5H,1H3. The van der Waals surface area contributed by atoms with Gasteiger partial charge in [-0.2, -0.15) is 0 Å². The number of nitrogens with zero attached hydrogens (tertiary/aromatic N) is 4. The van der Waals surface area contributed by atoms with Gasteiger partial charge in [0.05, 0.1) is 18.4 Å². The summed E-state index contributed by atoms with van der Waals surface area (Å²) in [6.45, 7) is 5.72. The molecule has 0 saturated carbocycles. The minimum absolute atomic E-state index is 0.0780. The lowest BCUT2D eigenvalue weighted by molar-refractivity contribution is -0.112. The molecule has 180 valence electrons. The number of pyridine rings is 2. The zero-order chi connectivity index (χ0) is 26.2. The molecule has 0 unspecified atom stereocenters. The number of fused-ring (bicyclic) bond motifs is 1. The molecular weight excluding hydrogens is 458 g/mol. The Morgan fingerprint density at radius 1 is 0.972 bits per heavy atom. The van der Waals surface area contributed by atoms with Crippen molar-refractivity contribution in [1.29, 1.82) is 0 Å². The second-order valence-electron chi connectivity index (χ2n) is 7.37.